The van der Waals surface area contributed by atoms with Gasteiger partial charge in [-0.1, -0.05) is 33.6 Å². The molecule has 0 amide bonds. The van der Waals surface area contributed by atoms with Crippen molar-refractivity contribution < 1.29 is 10.1 Å². The van der Waals surface area contributed by atoms with Crippen molar-refractivity contribution in [2.24, 2.45) is 5.41 Å². The largest absolute Gasteiger partial charge is 0.252 e. The van der Waals surface area contributed by atoms with E-state index in [1.807, 2.05) is 0 Å². The Morgan fingerprint density at radius 1 is 1.09 bits per heavy atom. The first-order valence-electron chi connectivity index (χ1n) is 4.32. The monoisotopic (exact) mass is 160 g/mol. The predicted octanol–water partition coefficient (Wildman–Crippen LogP) is 3.08. The van der Waals surface area contributed by atoms with Gasteiger partial charge in [-0.05, 0) is 18.3 Å². The molecule has 11 heavy (non-hydrogen) atoms. The van der Waals surface area contributed by atoms with Crippen LogP contribution in [0.2, 0.25) is 0 Å². The average molecular weight is 160 g/mol. The van der Waals surface area contributed by atoms with E-state index in [0.717, 1.165) is 12.8 Å². The summed E-state index contributed by atoms with van der Waals surface area (Å²) in [5.41, 5.74) is 0.445. The molecule has 0 rings (SSSR count). The highest BCUT2D eigenvalue weighted by Crippen LogP contribution is 2.21. The molecule has 0 spiro atoms. The molecule has 0 aromatic rings. The summed E-state index contributed by atoms with van der Waals surface area (Å²) in [4.78, 5) is 3.97. The van der Waals surface area contributed by atoms with Crippen LogP contribution < -0.4 is 0 Å². The third-order valence-electron chi connectivity index (χ3n) is 1.66. The van der Waals surface area contributed by atoms with Gasteiger partial charge >= 0.3 is 0 Å². The average Bonchev–Trinajstić information content (AvgIpc) is 1.85. The second-order valence-corrected chi connectivity index (χ2v) is 4.20. The molecule has 2 heteroatoms. The maximum absolute atomic E-state index is 8.03. The van der Waals surface area contributed by atoms with E-state index in [0.29, 0.717) is 12.0 Å². The molecule has 0 aromatic carbocycles. The van der Waals surface area contributed by atoms with Crippen molar-refractivity contribution >= 4 is 0 Å². The predicted molar refractivity (Wildman–Crippen MR) is 46.5 cm³/mol. The summed E-state index contributed by atoms with van der Waals surface area (Å²) in [6.45, 7) is 7.21. The molecule has 0 fully saturated rings. The summed E-state index contributed by atoms with van der Waals surface area (Å²) in [5.74, 6) is 0. The van der Waals surface area contributed by atoms with Gasteiger partial charge in [-0.15, -0.1) is 0 Å². The van der Waals surface area contributed by atoms with E-state index in [4.69, 9.17) is 5.26 Å². The van der Waals surface area contributed by atoms with Gasteiger partial charge in [0.2, 0.25) is 0 Å². The van der Waals surface area contributed by atoms with Crippen LogP contribution in [-0.4, -0.2) is 11.9 Å². The van der Waals surface area contributed by atoms with Gasteiger partial charge in [-0.3, -0.25) is 5.26 Å². The van der Waals surface area contributed by atoms with Gasteiger partial charge in [0.05, 0.1) is 6.61 Å². The minimum atomic E-state index is 0.445. The third-order valence-corrected chi connectivity index (χ3v) is 1.66. The summed E-state index contributed by atoms with van der Waals surface area (Å²) < 4.78 is 0. The molecule has 0 atom stereocenters. The summed E-state index contributed by atoms with van der Waals surface area (Å²) in [6, 6.07) is 0. The van der Waals surface area contributed by atoms with Crippen LogP contribution in [0.5, 0.6) is 0 Å². The van der Waals surface area contributed by atoms with E-state index >= 15 is 0 Å². The Kier molecular flexibility index (Phi) is 5.51. The van der Waals surface area contributed by atoms with Crippen LogP contribution in [0.4, 0.5) is 0 Å². The Morgan fingerprint density at radius 3 is 2.18 bits per heavy atom. The van der Waals surface area contributed by atoms with E-state index < -0.39 is 0 Å². The van der Waals surface area contributed by atoms with Crippen LogP contribution in [0, 0.1) is 5.41 Å². The molecule has 0 saturated heterocycles. The lowest BCUT2D eigenvalue weighted by molar-refractivity contribution is -0.242. The molecule has 0 aliphatic heterocycles. The van der Waals surface area contributed by atoms with Gasteiger partial charge in [0, 0.05) is 0 Å². The molecule has 0 aliphatic rings. The molecule has 0 radical (unpaired) electrons. The van der Waals surface area contributed by atoms with Crippen LogP contribution in [-0.2, 0) is 4.89 Å². The highest BCUT2D eigenvalue weighted by atomic mass is 17.1. The van der Waals surface area contributed by atoms with Gasteiger partial charge < -0.3 is 0 Å². The highest BCUT2D eigenvalue weighted by molar-refractivity contribution is 4.60. The zero-order chi connectivity index (χ0) is 8.74. The fraction of sp³-hybridized carbons (Fsp3) is 1.00. The van der Waals surface area contributed by atoms with Gasteiger partial charge in [0.1, 0.15) is 0 Å². The van der Waals surface area contributed by atoms with E-state index in [-0.39, 0.29) is 0 Å². The summed E-state index contributed by atoms with van der Waals surface area (Å²) in [6.07, 6.45) is 4.59. The maximum Gasteiger partial charge on any atom is 0.0819 e. The van der Waals surface area contributed by atoms with Gasteiger partial charge in [0.15, 0.2) is 0 Å². The van der Waals surface area contributed by atoms with E-state index in [1.165, 1.54) is 12.8 Å². The van der Waals surface area contributed by atoms with Gasteiger partial charge in [0.25, 0.3) is 0 Å². The number of hydrogen-bond donors (Lipinski definition) is 1. The SMILES string of the molecule is CC(C)(C)CCCCCOO. The van der Waals surface area contributed by atoms with Crippen LogP contribution in [0.1, 0.15) is 46.5 Å². The standard InChI is InChI=1S/C9H20O2/c1-9(2,3)7-5-4-6-8-11-10/h10H,4-8H2,1-3H3. The van der Waals surface area contributed by atoms with Gasteiger partial charge in [-0.2, -0.15) is 0 Å². The zero-order valence-corrected chi connectivity index (χ0v) is 7.89. The van der Waals surface area contributed by atoms with E-state index in [2.05, 4.69) is 25.7 Å². The first-order chi connectivity index (χ1) is 5.06. The van der Waals surface area contributed by atoms with Crippen LogP contribution in [0.15, 0.2) is 0 Å². The van der Waals surface area contributed by atoms with Crippen molar-refractivity contribution in [1.82, 2.24) is 0 Å². The van der Waals surface area contributed by atoms with E-state index in [9.17, 15) is 0 Å². The normalized spacial score (nSPS) is 12.0. The molecule has 2 nitrogen and oxygen atoms in total. The third kappa shape index (κ3) is 9.92. The van der Waals surface area contributed by atoms with E-state index in [1.54, 1.807) is 0 Å². The van der Waals surface area contributed by atoms with Crippen molar-refractivity contribution in [1.29, 1.82) is 0 Å². The molecule has 1 N–H and O–H groups in total. The Hall–Kier alpha value is -0.0800. The fourth-order valence-corrected chi connectivity index (χ4v) is 0.999. The molecule has 0 saturated carbocycles. The molecular formula is C9H20O2. The lowest BCUT2D eigenvalue weighted by atomic mass is 9.89. The minimum absolute atomic E-state index is 0.445. The minimum Gasteiger partial charge on any atom is -0.252 e. The van der Waals surface area contributed by atoms with Crippen molar-refractivity contribution in [3.05, 3.63) is 0 Å². The van der Waals surface area contributed by atoms with Crippen molar-refractivity contribution in [2.45, 2.75) is 46.5 Å². The summed E-state index contributed by atoms with van der Waals surface area (Å²) in [7, 11) is 0. The summed E-state index contributed by atoms with van der Waals surface area (Å²) >= 11 is 0. The fourth-order valence-electron chi connectivity index (χ4n) is 0.999. The quantitative estimate of drug-likeness (QED) is 0.380. The number of unbranched alkanes of at least 4 members (excludes halogenated alkanes) is 2. The topological polar surface area (TPSA) is 29.5 Å². The van der Waals surface area contributed by atoms with Crippen LogP contribution in [0.3, 0.4) is 0 Å². The molecular weight excluding hydrogens is 140 g/mol. The van der Waals surface area contributed by atoms with Crippen molar-refractivity contribution in [3.8, 4) is 0 Å². The molecule has 0 aliphatic carbocycles. The number of rotatable bonds is 5. The first kappa shape index (κ1) is 10.9. The smallest absolute Gasteiger partial charge is 0.0819 e. The second kappa shape index (κ2) is 5.56. The summed E-state index contributed by atoms with van der Waals surface area (Å²) in [5, 5.41) is 8.03. The maximum atomic E-state index is 8.03. The van der Waals surface area contributed by atoms with Crippen molar-refractivity contribution in [3.63, 3.8) is 0 Å². The Bertz CT molecular complexity index is 84.1. The molecule has 68 valence electrons. The zero-order valence-electron chi connectivity index (χ0n) is 7.89. The van der Waals surface area contributed by atoms with Crippen LogP contribution in [0.25, 0.3) is 0 Å². The molecule has 0 aromatic heterocycles. The molecule has 0 heterocycles. The second-order valence-electron chi connectivity index (χ2n) is 4.20. The Morgan fingerprint density at radius 2 is 1.73 bits per heavy atom. The lowest BCUT2D eigenvalue weighted by Gasteiger charge is -2.17. The van der Waals surface area contributed by atoms with Gasteiger partial charge in [-0.25, -0.2) is 4.89 Å². The first-order valence-corrected chi connectivity index (χ1v) is 4.32. The van der Waals surface area contributed by atoms with Crippen molar-refractivity contribution in [2.75, 3.05) is 6.61 Å². The Labute approximate surface area is 69.5 Å². The van der Waals surface area contributed by atoms with Crippen LogP contribution >= 0.6 is 0 Å². The Balaban J connectivity index is 3.02. The highest BCUT2D eigenvalue weighted by Gasteiger charge is 2.08. The number of hydrogen-bond acceptors (Lipinski definition) is 2. The molecule has 0 bridgehead atoms. The molecule has 0 unspecified atom stereocenters. The lowest BCUT2D eigenvalue weighted by Crippen LogP contribution is -2.04.